The summed E-state index contributed by atoms with van der Waals surface area (Å²) in [5, 5.41) is 0. The largest absolute Gasteiger partial charge is 0.419 e. The maximum absolute atomic E-state index is 12.8. The maximum atomic E-state index is 12.8. The molecule has 134 valence electrons. The minimum Gasteiger partial charge on any atom is -0.408 e. The molecule has 3 aromatic rings. The Kier molecular flexibility index (Phi) is 4.84. The van der Waals surface area contributed by atoms with E-state index < -0.39 is 0 Å². The molecule has 1 amide bonds. The van der Waals surface area contributed by atoms with Crippen LogP contribution < -0.4 is 10.7 Å². The van der Waals surface area contributed by atoms with Gasteiger partial charge in [0.25, 0.3) is 0 Å². The van der Waals surface area contributed by atoms with Gasteiger partial charge in [-0.2, -0.15) is 0 Å². The smallest absolute Gasteiger partial charge is 0.408 e. The quantitative estimate of drug-likeness (QED) is 0.701. The number of fused-ring (bicyclic) bond motifs is 2. The number of para-hydroxylation sites is 3. The molecule has 0 unspecified atom stereocenters. The van der Waals surface area contributed by atoms with E-state index in [0.29, 0.717) is 25.0 Å². The summed E-state index contributed by atoms with van der Waals surface area (Å²) in [6.07, 6.45) is 2.00. The molecule has 0 atom stereocenters. The third-order valence-electron chi connectivity index (χ3n) is 4.59. The van der Waals surface area contributed by atoms with Crippen LogP contribution in [0.5, 0.6) is 0 Å². The number of hydrogen-bond donors (Lipinski definition) is 0. The first-order chi connectivity index (χ1) is 12.7. The van der Waals surface area contributed by atoms with E-state index in [1.807, 2.05) is 41.3 Å². The van der Waals surface area contributed by atoms with Crippen molar-refractivity contribution in [1.29, 1.82) is 0 Å². The van der Waals surface area contributed by atoms with E-state index in [9.17, 15) is 9.59 Å². The van der Waals surface area contributed by atoms with Crippen molar-refractivity contribution in [2.24, 2.45) is 0 Å². The van der Waals surface area contributed by atoms with E-state index >= 15 is 0 Å². The van der Waals surface area contributed by atoms with Crippen molar-refractivity contribution in [3.05, 3.63) is 59.1 Å². The van der Waals surface area contributed by atoms with Crippen molar-refractivity contribution < 1.29 is 9.21 Å². The number of amides is 1. The standard InChI is InChI=1S/C20H20N2O3S/c23-19(21-13-6-14-26-18-10-4-2-8-16(18)21)11-5-12-22-15-7-1-3-9-17(15)25-20(22)24/h1-4,7-10H,5-6,11-14H2. The fourth-order valence-corrected chi connectivity index (χ4v) is 4.33. The van der Waals surface area contributed by atoms with Crippen molar-refractivity contribution >= 4 is 34.5 Å². The topological polar surface area (TPSA) is 55.5 Å². The van der Waals surface area contributed by atoms with Crippen LogP contribution in [-0.4, -0.2) is 22.8 Å². The second kappa shape index (κ2) is 7.41. The number of oxazole rings is 1. The van der Waals surface area contributed by atoms with Crippen LogP contribution in [0.25, 0.3) is 11.1 Å². The Morgan fingerprint density at radius 2 is 1.92 bits per heavy atom. The Morgan fingerprint density at radius 1 is 1.12 bits per heavy atom. The molecule has 1 aliphatic rings. The monoisotopic (exact) mass is 368 g/mol. The number of benzene rings is 2. The molecule has 5 nitrogen and oxygen atoms in total. The van der Waals surface area contributed by atoms with Crippen LogP contribution in [0.3, 0.4) is 0 Å². The first-order valence-corrected chi connectivity index (χ1v) is 9.83. The molecule has 0 aliphatic carbocycles. The lowest BCUT2D eigenvalue weighted by molar-refractivity contribution is -0.118. The molecular formula is C20H20N2O3S. The number of nitrogens with zero attached hydrogens (tertiary/aromatic N) is 2. The molecule has 0 saturated carbocycles. The molecule has 0 bridgehead atoms. The van der Waals surface area contributed by atoms with Crippen LogP contribution in [0.1, 0.15) is 19.3 Å². The summed E-state index contributed by atoms with van der Waals surface area (Å²) in [5.74, 6) is 0.771. The average Bonchev–Trinajstić information content (AvgIpc) is 2.84. The number of carbonyl (C=O) groups is 1. The van der Waals surface area contributed by atoms with Gasteiger partial charge in [0, 0.05) is 24.4 Å². The number of rotatable bonds is 4. The van der Waals surface area contributed by atoms with Gasteiger partial charge in [0.15, 0.2) is 5.58 Å². The summed E-state index contributed by atoms with van der Waals surface area (Å²) in [7, 11) is 0. The lowest BCUT2D eigenvalue weighted by atomic mass is 10.2. The van der Waals surface area contributed by atoms with Gasteiger partial charge in [0.2, 0.25) is 5.91 Å². The molecule has 0 spiro atoms. The van der Waals surface area contributed by atoms with Gasteiger partial charge in [-0.3, -0.25) is 9.36 Å². The summed E-state index contributed by atoms with van der Waals surface area (Å²) in [6.45, 7) is 1.23. The maximum Gasteiger partial charge on any atom is 0.419 e. The zero-order chi connectivity index (χ0) is 17.9. The first-order valence-electron chi connectivity index (χ1n) is 8.84. The molecule has 0 fully saturated rings. The molecule has 4 rings (SSSR count). The second-order valence-corrected chi connectivity index (χ2v) is 7.44. The molecule has 0 saturated heterocycles. The van der Waals surface area contributed by atoms with Crippen LogP contribution in [-0.2, 0) is 11.3 Å². The predicted octanol–water partition coefficient (Wildman–Crippen LogP) is 3.90. The van der Waals surface area contributed by atoms with Gasteiger partial charge in [0.1, 0.15) is 0 Å². The molecule has 1 aliphatic heterocycles. The van der Waals surface area contributed by atoms with Crippen LogP contribution in [0.4, 0.5) is 5.69 Å². The molecule has 1 aromatic heterocycles. The van der Waals surface area contributed by atoms with Crippen molar-refractivity contribution in [2.75, 3.05) is 17.2 Å². The highest BCUT2D eigenvalue weighted by Crippen LogP contribution is 2.33. The van der Waals surface area contributed by atoms with Crippen LogP contribution in [0, 0.1) is 0 Å². The van der Waals surface area contributed by atoms with E-state index in [2.05, 4.69) is 6.07 Å². The Morgan fingerprint density at radius 3 is 2.85 bits per heavy atom. The average molecular weight is 368 g/mol. The first kappa shape index (κ1) is 17.0. The van der Waals surface area contributed by atoms with E-state index in [0.717, 1.165) is 34.8 Å². The van der Waals surface area contributed by atoms with E-state index in [-0.39, 0.29) is 11.7 Å². The van der Waals surface area contributed by atoms with Gasteiger partial charge >= 0.3 is 5.76 Å². The van der Waals surface area contributed by atoms with Gasteiger partial charge in [-0.1, -0.05) is 24.3 Å². The number of aryl methyl sites for hydroxylation is 1. The zero-order valence-corrected chi connectivity index (χ0v) is 15.2. The molecule has 0 N–H and O–H groups in total. The van der Waals surface area contributed by atoms with Crippen molar-refractivity contribution in [3.8, 4) is 0 Å². The number of aromatic nitrogens is 1. The Balaban J connectivity index is 1.46. The zero-order valence-electron chi connectivity index (χ0n) is 14.4. The molecular weight excluding hydrogens is 348 g/mol. The molecule has 2 heterocycles. The lowest BCUT2D eigenvalue weighted by Crippen LogP contribution is -2.32. The van der Waals surface area contributed by atoms with Gasteiger partial charge in [-0.15, -0.1) is 11.8 Å². The molecule has 6 heteroatoms. The number of carbonyl (C=O) groups excluding carboxylic acids is 1. The Bertz CT molecular complexity index is 992. The summed E-state index contributed by atoms with van der Waals surface area (Å²) < 4.78 is 6.85. The fraction of sp³-hybridized carbons (Fsp3) is 0.300. The van der Waals surface area contributed by atoms with E-state index in [1.165, 1.54) is 0 Å². The van der Waals surface area contributed by atoms with Crippen LogP contribution in [0.15, 0.2) is 62.6 Å². The summed E-state index contributed by atoms with van der Waals surface area (Å²) in [5.41, 5.74) is 2.37. The van der Waals surface area contributed by atoms with E-state index in [4.69, 9.17) is 4.42 Å². The minimum absolute atomic E-state index is 0.112. The normalized spacial score (nSPS) is 14.2. The second-order valence-electron chi connectivity index (χ2n) is 6.31. The number of anilines is 1. The minimum atomic E-state index is -0.366. The highest BCUT2D eigenvalue weighted by molar-refractivity contribution is 7.99. The van der Waals surface area contributed by atoms with Gasteiger partial charge in [-0.05, 0) is 42.9 Å². The highest BCUT2D eigenvalue weighted by Gasteiger charge is 2.21. The lowest BCUT2D eigenvalue weighted by Gasteiger charge is -2.22. The fourth-order valence-electron chi connectivity index (χ4n) is 3.34. The van der Waals surface area contributed by atoms with Gasteiger partial charge in [0.05, 0.1) is 11.2 Å². The number of thioether (sulfide) groups is 1. The SMILES string of the molecule is O=C(CCCn1c(=O)oc2ccccc21)N1CCCSc2ccccc21. The summed E-state index contributed by atoms with van der Waals surface area (Å²) in [4.78, 5) is 27.9. The van der Waals surface area contributed by atoms with Gasteiger partial charge in [-0.25, -0.2) is 4.79 Å². The van der Waals surface area contributed by atoms with Crippen LogP contribution in [0.2, 0.25) is 0 Å². The molecule has 0 radical (unpaired) electrons. The van der Waals surface area contributed by atoms with Crippen LogP contribution >= 0.6 is 11.8 Å². The molecule has 26 heavy (non-hydrogen) atoms. The third kappa shape index (κ3) is 3.29. The molecule has 2 aromatic carbocycles. The van der Waals surface area contributed by atoms with Crippen molar-refractivity contribution in [1.82, 2.24) is 4.57 Å². The summed E-state index contributed by atoms with van der Waals surface area (Å²) >= 11 is 1.80. The highest BCUT2D eigenvalue weighted by atomic mass is 32.2. The Labute approximate surface area is 155 Å². The van der Waals surface area contributed by atoms with Crippen molar-refractivity contribution in [2.45, 2.75) is 30.7 Å². The summed E-state index contributed by atoms with van der Waals surface area (Å²) in [6, 6.07) is 15.4. The Hall–Kier alpha value is -2.47. The van der Waals surface area contributed by atoms with Crippen molar-refractivity contribution in [3.63, 3.8) is 0 Å². The number of hydrogen-bond acceptors (Lipinski definition) is 4. The predicted molar refractivity (Wildman–Crippen MR) is 104 cm³/mol. The van der Waals surface area contributed by atoms with E-state index in [1.54, 1.807) is 22.4 Å². The third-order valence-corrected chi connectivity index (χ3v) is 5.74. The van der Waals surface area contributed by atoms with Gasteiger partial charge < -0.3 is 9.32 Å².